The first-order valence-corrected chi connectivity index (χ1v) is 8.14. The summed E-state index contributed by atoms with van der Waals surface area (Å²) in [6.07, 6.45) is 4.16. The molecule has 0 spiro atoms. The Morgan fingerprint density at radius 1 is 1.22 bits per heavy atom. The van der Waals surface area contributed by atoms with Crippen molar-refractivity contribution in [3.05, 3.63) is 47.8 Å². The number of hydrogen-bond donors (Lipinski definition) is 0. The van der Waals surface area contributed by atoms with Crippen LogP contribution in [-0.4, -0.2) is 35.0 Å². The Morgan fingerprint density at radius 3 is 2.52 bits per heavy atom. The van der Waals surface area contributed by atoms with Gasteiger partial charge in [0.25, 0.3) is 5.91 Å². The number of anilines is 2. The third-order valence-electron chi connectivity index (χ3n) is 4.36. The Hall–Kier alpha value is -2.43. The van der Waals surface area contributed by atoms with Crippen molar-refractivity contribution in [3.63, 3.8) is 0 Å². The molecule has 1 aromatic carbocycles. The summed E-state index contributed by atoms with van der Waals surface area (Å²) in [5, 5.41) is 0. The highest BCUT2D eigenvalue weighted by atomic mass is 16.2. The van der Waals surface area contributed by atoms with Crippen LogP contribution in [0.4, 0.5) is 11.6 Å². The van der Waals surface area contributed by atoms with E-state index in [0.717, 1.165) is 25.2 Å². The van der Waals surface area contributed by atoms with Gasteiger partial charge in [0.05, 0.1) is 5.56 Å². The Balaban J connectivity index is 1.86. The Labute approximate surface area is 137 Å². The van der Waals surface area contributed by atoms with Crippen LogP contribution in [0.2, 0.25) is 0 Å². The second-order valence-corrected chi connectivity index (χ2v) is 5.80. The molecule has 2 heterocycles. The molecule has 3 rings (SSSR count). The lowest BCUT2D eigenvalue weighted by molar-refractivity contribution is 0.0981. The molecule has 0 bridgehead atoms. The Bertz CT molecular complexity index is 694. The van der Waals surface area contributed by atoms with Gasteiger partial charge in [-0.1, -0.05) is 18.2 Å². The van der Waals surface area contributed by atoms with E-state index in [4.69, 9.17) is 0 Å². The molecule has 5 heteroatoms. The number of carbonyl (C=O) groups excluding carboxylic acids is 1. The van der Waals surface area contributed by atoms with Crippen molar-refractivity contribution in [2.75, 3.05) is 22.9 Å². The second kappa shape index (κ2) is 6.36. The first kappa shape index (κ1) is 15.5. The summed E-state index contributed by atoms with van der Waals surface area (Å²) in [7, 11) is 0. The number of aromatic nitrogens is 2. The molecule has 1 unspecified atom stereocenters. The average Bonchev–Trinajstić information content (AvgIpc) is 2.91. The zero-order valence-electron chi connectivity index (χ0n) is 13.9. The second-order valence-electron chi connectivity index (χ2n) is 5.80. The minimum absolute atomic E-state index is 0.0338. The molecule has 0 saturated heterocycles. The minimum atomic E-state index is -0.0338. The molecule has 0 aliphatic carbocycles. The molecular weight excluding hydrogens is 288 g/mol. The van der Waals surface area contributed by atoms with E-state index in [-0.39, 0.29) is 11.9 Å². The lowest BCUT2D eigenvalue weighted by Crippen LogP contribution is -2.36. The standard InChI is InChI=1S/C18H22N4O/c1-4-21(5-2)18-19-11-15(12-20-18)17(23)22-13(3)10-14-8-6-7-9-16(14)22/h6-9,11-13H,4-5,10H2,1-3H3. The first-order valence-electron chi connectivity index (χ1n) is 8.14. The van der Waals surface area contributed by atoms with Crippen molar-refractivity contribution in [3.8, 4) is 0 Å². The molecule has 0 fully saturated rings. The topological polar surface area (TPSA) is 49.3 Å². The largest absolute Gasteiger partial charge is 0.341 e. The van der Waals surface area contributed by atoms with E-state index < -0.39 is 0 Å². The molecule has 1 aromatic heterocycles. The zero-order valence-corrected chi connectivity index (χ0v) is 13.9. The van der Waals surface area contributed by atoms with Crippen molar-refractivity contribution in [1.82, 2.24) is 9.97 Å². The first-order chi connectivity index (χ1) is 11.2. The van der Waals surface area contributed by atoms with Gasteiger partial charge in [0.2, 0.25) is 5.95 Å². The van der Waals surface area contributed by atoms with Gasteiger partial charge in [-0.15, -0.1) is 0 Å². The number of benzene rings is 1. The Morgan fingerprint density at radius 2 is 1.87 bits per heavy atom. The fourth-order valence-electron chi connectivity index (χ4n) is 3.12. The average molecular weight is 310 g/mol. The van der Waals surface area contributed by atoms with Gasteiger partial charge in [-0.2, -0.15) is 0 Å². The van der Waals surface area contributed by atoms with Gasteiger partial charge < -0.3 is 9.80 Å². The number of hydrogen-bond acceptors (Lipinski definition) is 4. The fraction of sp³-hybridized carbons (Fsp3) is 0.389. The molecule has 0 N–H and O–H groups in total. The van der Waals surface area contributed by atoms with Crippen LogP contribution in [0.25, 0.3) is 0 Å². The predicted octanol–water partition coefficient (Wildman–Crippen LogP) is 2.91. The minimum Gasteiger partial charge on any atom is -0.341 e. The molecule has 2 aromatic rings. The summed E-state index contributed by atoms with van der Waals surface area (Å²) < 4.78 is 0. The monoisotopic (exact) mass is 310 g/mol. The number of fused-ring (bicyclic) bond motifs is 1. The maximum atomic E-state index is 12.9. The third kappa shape index (κ3) is 2.79. The van der Waals surface area contributed by atoms with E-state index in [1.54, 1.807) is 12.4 Å². The number of carbonyl (C=O) groups is 1. The van der Waals surface area contributed by atoms with Crippen molar-refractivity contribution < 1.29 is 4.79 Å². The lowest BCUT2D eigenvalue weighted by atomic mass is 10.1. The van der Waals surface area contributed by atoms with Gasteiger partial charge in [0.15, 0.2) is 0 Å². The molecule has 23 heavy (non-hydrogen) atoms. The maximum absolute atomic E-state index is 12.9. The third-order valence-corrected chi connectivity index (χ3v) is 4.36. The maximum Gasteiger partial charge on any atom is 0.261 e. The van der Waals surface area contributed by atoms with Gasteiger partial charge >= 0.3 is 0 Å². The lowest BCUT2D eigenvalue weighted by Gasteiger charge is -2.23. The van der Waals surface area contributed by atoms with E-state index in [0.29, 0.717) is 11.5 Å². The highest BCUT2D eigenvalue weighted by molar-refractivity contribution is 6.07. The fourth-order valence-corrected chi connectivity index (χ4v) is 3.12. The zero-order chi connectivity index (χ0) is 16.4. The van der Waals surface area contributed by atoms with Crippen LogP contribution in [0.5, 0.6) is 0 Å². The van der Waals surface area contributed by atoms with Gasteiger partial charge in [-0.05, 0) is 38.8 Å². The quantitative estimate of drug-likeness (QED) is 0.871. The van der Waals surface area contributed by atoms with Gasteiger partial charge in [0, 0.05) is 37.2 Å². The number of para-hydroxylation sites is 1. The van der Waals surface area contributed by atoms with E-state index >= 15 is 0 Å². The molecule has 1 aliphatic heterocycles. The van der Waals surface area contributed by atoms with Crippen LogP contribution in [0.1, 0.15) is 36.7 Å². The number of nitrogens with zero attached hydrogens (tertiary/aromatic N) is 4. The number of amides is 1. The van der Waals surface area contributed by atoms with Crippen molar-refractivity contribution in [2.45, 2.75) is 33.2 Å². The Kier molecular flexibility index (Phi) is 4.28. The number of rotatable bonds is 4. The summed E-state index contributed by atoms with van der Waals surface area (Å²) in [4.78, 5) is 25.5. The van der Waals surface area contributed by atoms with Crippen LogP contribution < -0.4 is 9.80 Å². The van der Waals surface area contributed by atoms with Gasteiger partial charge in [-0.3, -0.25) is 4.79 Å². The van der Waals surface area contributed by atoms with Crippen LogP contribution in [0.15, 0.2) is 36.7 Å². The van der Waals surface area contributed by atoms with Crippen LogP contribution in [0.3, 0.4) is 0 Å². The molecule has 1 atom stereocenters. The molecule has 0 saturated carbocycles. The van der Waals surface area contributed by atoms with Crippen molar-refractivity contribution in [2.24, 2.45) is 0 Å². The van der Waals surface area contributed by atoms with Gasteiger partial charge in [0.1, 0.15) is 0 Å². The molecule has 0 radical (unpaired) electrons. The van der Waals surface area contributed by atoms with Gasteiger partial charge in [-0.25, -0.2) is 9.97 Å². The van der Waals surface area contributed by atoms with E-state index in [2.05, 4.69) is 41.7 Å². The van der Waals surface area contributed by atoms with E-state index in [1.807, 2.05) is 23.1 Å². The SMILES string of the molecule is CCN(CC)c1ncc(C(=O)N2c3ccccc3CC2C)cn1. The van der Waals surface area contributed by atoms with Crippen LogP contribution in [-0.2, 0) is 6.42 Å². The van der Waals surface area contributed by atoms with E-state index in [9.17, 15) is 4.79 Å². The summed E-state index contributed by atoms with van der Waals surface area (Å²) in [5.74, 6) is 0.634. The predicted molar refractivity (Wildman–Crippen MR) is 92.0 cm³/mol. The van der Waals surface area contributed by atoms with Crippen molar-refractivity contribution >= 4 is 17.5 Å². The molecule has 1 aliphatic rings. The normalized spacial score (nSPS) is 16.3. The highest BCUT2D eigenvalue weighted by Crippen LogP contribution is 2.32. The van der Waals surface area contributed by atoms with Crippen molar-refractivity contribution in [1.29, 1.82) is 0 Å². The molecule has 5 nitrogen and oxygen atoms in total. The molecule has 1 amide bonds. The van der Waals surface area contributed by atoms with Crippen LogP contribution in [0, 0.1) is 0 Å². The summed E-state index contributed by atoms with van der Waals surface area (Å²) >= 11 is 0. The smallest absolute Gasteiger partial charge is 0.261 e. The molecular formula is C18H22N4O. The highest BCUT2D eigenvalue weighted by Gasteiger charge is 2.31. The molecule has 120 valence electrons. The summed E-state index contributed by atoms with van der Waals surface area (Å²) in [6, 6.07) is 8.22. The van der Waals surface area contributed by atoms with Crippen LogP contribution >= 0.6 is 0 Å². The van der Waals surface area contributed by atoms with E-state index in [1.165, 1.54) is 5.56 Å². The summed E-state index contributed by atoms with van der Waals surface area (Å²) in [5.41, 5.74) is 2.75. The summed E-state index contributed by atoms with van der Waals surface area (Å²) in [6.45, 7) is 7.90.